The van der Waals surface area contributed by atoms with Crippen LogP contribution < -0.4 is 11.1 Å². The van der Waals surface area contributed by atoms with Crippen LogP contribution in [0.5, 0.6) is 0 Å². The molecule has 0 radical (unpaired) electrons. The smallest absolute Gasteiger partial charge is 0.278 e. The molecule has 1 amide bonds. The maximum absolute atomic E-state index is 13.8. The Morgan fingerprint density at radius 3 is 2.52 bits per heavy atom. The van der Waals surface area contributed by atoms with Gasteiger partial charge in [-0.15, -0.1) is 0 Å². The van der Waals surface area contributed by atoms with Crippen LogP contribution in [0, 0.1) is 12.7 Å². The molecule has 3 rings (SSSR count). The van der Waals surface area contributed by atoms with Crippen molar-refractivity contribution in [2.75, 3.05) is 11.1 Å². The van der Waals surface area contributed by atoms with Gasteiger partial charge >= 0.3 is 0 Å². The molecule has 3 aromatic rings. The number of hydrogen-bond acceptors (Lipinski definition) is 6. The number of aliphatic hydroxyl groups excluding tert-OH is 1. The Morgan fingerprint density at radius 1 is 1.19 bits per heavy atom. The van der Waals surface area contributed by atoms with Crippen molar-refractivity contribution in [2.45, 2.75) is 13.2 Å². The van der Waals surface area contributed by atoms with Gasteiger partial charge in [-0.2, -0.15) is 0 Å². The molecule has 2 aromatic carbocycles. The van der Waals surface area contributed by atoms with E-state index in [-0.39, 0.29) is 22.8 Å². The third-order valence-corrected chi connectivity index (χ3v) is 3.90. The van der Waals surface area contributed by atoms with E-state index in [0.717, 1.165) is 23.3 Å². The monoisotopic (exact) mass is 368 g/mol. The fraction of sp³-hybridized carbons (Fsp3) is 0.105. The number of nitrogen functional groups attached to an aromatic ring is 1. The Kier molecular flexibility index (Phi) is 5.11. The van der Waals surface area contributed by atoms with Gasteiger partial charge in [0.25, 0.3) is 5.91 Å². The van der Waals surface area contributed by atoms with Gasteiger partial charge in [-0.05, 0) is 25.1 Å². The number of hydrogen-bond donors (Lipinski definition) is 4. The molecule has 0 atom stereocenters. The van der Waals surface area contributed by atoms with Gasteiger partial charge in [0.1, 0.15) is 5.82 Å². The molecule has 0 unspecified atom stereocenters. The van der Waals surface area contributed by atoms with Gasteiger partial charge in [-0.3, -0.25) is 4.79 Å². The molecule has 1 aromatic heterocycles. The molecular formula is C19H17FN4O3. The van der Waals surface area contributed by atoms with Crippen LogP contribution in [0.15, 0.2) is 48.7 Å². The Bertz CT molecular complexity index is 991. The summed E-state index contributed by atoms with van der Waals surface area (Å²) >= 11 is 0. The topological polar surface area (TPSA) is 121 Å². The first kappa shape index (κ1) is 18.4. The van der Waals surface area contributed by atoms with Crippen molar-refractivity contribution >= 4 is 17.4 Å². The second-order valence-electron chi connectivity index (χ2n) is 5.92. The van der Waals surface area contributed by atoms with E-state index in [0.29, 0.717) is 5.69 Å². The van der Waals surface area contributed by atoms with Crippen molar-refractivity contribution in [2.24, 2.45) is 0 Å². The number of aliphatic hydroxyl groups is 2. The summed E-state index contributed by atoms with van der Waals surface area (Å²) in [4.78, 5) is 20.8. The highest BCUT2D eigenvalue weighted by atomic mass is 19.1. The van der Waals surface area contributed by atoms with E-state index in [1.807, 2.05) is 31.2 Å². The number of halogens is 1. The molecule has 8 heteroatoms. The molecule has 0 aliphatic carbocycles. The molecule has 5 N–H and O–H groups in total. The molecule has 27 heavy (non-hydrogen) atoms. The quantitative estimate of drug-likeness (QED) is 0.525. The third kappa shape index (κ3) is 4.08. The van der Waals surface area contributed by atoms with Gasteiger partial charge in [0.2, 0.25) is 0 Å². The van der Waals surface area contributed by atoms with E-state index in [9.17, 15) is 9.18 Å². The maximum Gasteiger partial charge on any atom is 0.278 e. The average molecular weight is 368 g/mol. The van der Waals surface area contributed by atoms with Crippen molar-refractivity contribution in [3.05, 3.63) is 71.3 Å². The van der Waals surface area contributed by atoms with Gasteiger partial charge in [-0.25, -0.2) is 14.4 Å². The number of amides is 1. The minimum Gasteiger partial charge on any atom is -0.382 e. The number of carbonyl (C=O) groups excluding carboxylic acids is 1. The van der Waals surface area contributed by atoms with Crippen LogP contribution in [0.3, 0.4) is 0 Å². The number of aryl methyl sites for hydroxylation is 1. The first-order valence-electron chi connectivity index (χ1n) is 8.01. The van der Waals surface area contributed by atoms with Crippen LogP contribution in [-0.4, -0.2) is 26.1 Å². The van der Waals surface area contributed by atoms with Crippen LogP contribution in [0.2, 0.25) is 0 Å². The van der Waals surface area contributed by atoms with E-state index in [2.05, 4.69) is 15.3 Å². The van der Waals surface area contributed by atoms with Crippen LogP contribution >= 0.6 is 0 Å². The minimum absolute atomic E-state index is 0.0637. The molecule has 0 saturated carbocycles. The number of benzene rings is 2. The summed E-state index contributed by atoms with van der Waals surface area (Å²) in [6, 6.07) is 11.0. The van der Waals surface area contributed by atoms with E-state index < -0.39 is 18.0 Å². The highest BCUT2D eigenvalue weighted by molar-refractivity contribution is 6.06. The number of carbonyl (C=O) groups is 1. The highest BCUT2D eigenvalue weighted by Crippen LogP contribution is 2.22. The summed E-state index contributed by atoms with van der Waals surface area (Å²) in [5.74, 6) is -1.59. The van der Waals surface area contributed by atoms with E-state index in [4.69, 9.17) is 15.9 Å². The second kappa shape index (κ2) is 7.48. The Hall–Kier alpha value is -3.36. The summed E-state index contributed by atoms with van der Waals surface area (Å²) in [6.07, 6.45) is -0.476. The van der Waals surface area contributed by atoms with E-state index in [1.54, 1.807) is 0 Å². The highest BCUT2D eigenvalue weighted by Gasteiger charge is 2.16. The zero-order chi connectivity index (χ0) is 19.6. The summed E-state index contributed by atoms with van der Waals surface area (Å²) in [6.45, 7) is 1.96. The summed E-state index contributed by atoms with van der Waals surface area (Å²) in [5, 5.41) is 20.6. The Balaban J connectivity index is 1.87. The van der Waals surface area contributed by atoms with Crippen molar-refractivity contribution < 1.29 is 19.4 Å². The van der Waals surface area contributed by atoms with Crippen LogP contribution in [-0.2, 0) is 0 Å². The number of rotatable bonds is 4. The molecule has 0 spiro atoms. The van der Waals surface area contributed by atoms with Crippen LogP contribution in [0.1, 0.15) is 27.9 Å². The van der Waals surface area contributed by atoms with Crippen molar-refractivity contribution in [1.29, 1.82) is 0 Å². The lowest BCUT2D eigenvalue weighted by molar-refractivity contribution is -0.0449. The first-order chi connectivity index (χ1) is 12.8. The Labute approximate surface area is 154 Å². The van der Waals surface area contributed by atoms with Crippen molar-refractivity contribution in [3.63, 3.8) is 0 Å². The lowest BCUT2D eigenvalue weighted by Crippen LogP contribution is -2.17. The Morgan fingerprint density at radius 2 is 1.89 bits per heavy atom. The zero-order valence-corrected chi connectivity index (χ0v) is 14.3. The van der Waals surface area contributed by atoms with Crippen molar-refractivity contribution in [3.8, 4) is 11.3 Å². The fourth-order valence-electron chi connectivity index (χ4n) is 2.43. The normalized spacial score (nSPS) is 10.9. The van der Waals surface area contributed by atoms with Crippen LogP contribution in [0.25, 0.3) is 11.3 Å². The molecule has 0 aliphatic rings. The number of nitrogens with zero attached hydrogens (tertiary/aromatic N) is 2. The van der Waals surface area contributed by atoms with E-state index >= 15 is 0 Å². The largest absolute Gasteiger partial charge is 0.382 e. The fourth-order valence-corrected chi connectivity index (χ4v) is 2.43. The maximum atomic E-state index is 13.8. The molecular weight excluding hydrogens is 351 g/mol. The number of nitrogens with one attached hydrogen (secondary N) is 1. The molecule has 0 bridgehead atoms. The zero-order valence-electron chi connectivity index (χ0n) is 14.3. The predicted molar refractivity (Wildman–Crippen MR) is 98.1 cm³/mol. The molecule has 1 heterocycles. The average Bonchev–Trinajstić information content (AvgIpc) is 2.62. The third-order valence-electron chi connectivity index (χ3n) is 3.90. The van der Waals surface area contributed by atoms with Gasteiger partial charge in [0.05, 0.1) is 11.9 Å². The molecule has 0 aliphatic heterocycles. The summed E-state index contributed by atoms with van der Waals surface area (Å²) in [7, 11) is 0. The number of nitrogens with two attached hydrogens (primary N) is 1. The molecule has 0 saturated heterocycles. The molecule has 7 nitrogen and oxygen atoms in total. The second-order valence-corrected chi connectivity index (χ2v) is 5.92. The summed E-state index contributed by atoms with van der Waals surface area (Å²) < 4.78 is 13.8. The summed E-state index contributed by atoms with van der Waals surface area (Å²) in [5.41, 5.74) is 7.81. The molecule has 0 fully saturated rings. The van der Waals surface area contributed by atoms with Gasteiger partial charge in [0.15, 0.2) is 17.8 Å². The SMILES string of the molecule is Cc1ccc(-c2cnc(N)c(C(=O)Nc3ccc(C(O)O)c(F)c3)n2)cc1. The van der Waals surface area contributed by atoms with E-state index in [1.165, 1.54) is 12.3 Å². The number of anilines is 2. The van der Waals surface area contributed by atoms with Crippen LogP contribution in [0.4, 0.5) is 15.9 Å². The van der Waals surface area contributed by atoms with Crippen molar-refractivity contribution in [1.82, 2.24) is 9.97 Å². The first-order valence-corrected chi connectivity index (χ1v) is 8.01. The molecule has 138 valence electrons. The lowest BCUT2D eigenvalue weighted by atomic mass is 10.1. The lowest BCUT2D eigenvalue weighted by Gasteiger charge is -2.10. The van der Waals surface area contributed by atoms with Gasteiger partial charge in [-0.1, -0.05) is 29.8 Å². The standard InChI is InChI=1S/C19H17FN4O3/c1-10-2-4-11(5-3-10)15-9-22-17(21)16(24-15)18(25)23-12-6-7-13(19(26)27)14(20)8-12/h2-9,19,26-27H,1H3,(H2,21,22)(H,23,25). The predicted octanol–water partition coefficient (Wildman–Crippen LogP) is 2.41. The minimum atomic E-state index is -1.94. The van der Waals surface area contributed by atoms with Gasteiger partial charge < -0.3 is 21.3 Å². The number of aromatic nitrogens is 2. The van der Waals surface area contributed by atoms with Gasteiger partial charge in [0, 0.05) is 16.8 Å².